The second-order valence-corrected chi connectivity index (χ2v) is 2.59. The lowest BCUT2D eigenvalue weighted by atomic mass is 10.5. The third-order valence-electron chi connectivity index (χ3n) is 1.83. The summed E-state index contributed by atoms with van der Waals surface area (Å²) in [6.07, 6.45) is 1.40. The molecule has 2 rings (SSSR count). The van der Waals surface area contributed by atoms with Gasteiger partial charge in [-0.1, -0.05) is 0 Å². The normalized spacial score (nSPS) is 10.6. The van der Waals surface area contributed by atoms with Crippen LogP contribution in [-0.2, 0) is 7.05 Å². The van der Waals surface area contributed by atoms with E-state index < -0.39 is 0 Å². The average Bonchev–Trinajstić information content (AvgIpc) is 2.45. The summed E-state index contributed by atoms with van der Waals surface area (Å²) in [5, 5.41) is 0. The molecule has 2 aromatic heterocycles. The van der Waals surface area contributed by atoms with Crippen molar-refractivity contribution in [3.63, 3.8) is 0 Å². The van der Waals surface area contributed by atoms with Crippen LogP contribution in [-0.4, -0.2) is 26.6 Å². The molecule has 0 aliphatic heterocycles. The fourth-order valence-electron chi connectivity index (χ4n) is 1.18. The van der Waals surface area contributed by atoms with E-state index in [1.165, 1.54) is 6.33 Å². The fourth-order valence-corrected chi connectivity index (χ4v) is 1.18. The van der Waals surface area contributed by atoms with Crippen molar-refractivity contribution in [1.82, 2.24) is 19.5 Å². The van der Waals surface area contributed by atoms with Gasteiger partial charge in [-0.05, 0) is 0 Å². The number of aromatic nitrogens is 4. The molecule has 2 aromatic rings. The molecule has 6 heteroatoms. The Morgan fingerprint density at radius 3 is 2.85 bits per heavy atom. The highest BCUT2D eigenvalue weighted by atomic mass is 16.5. The number of fused-ring (bicyclic) bond motifs is 1. The zero-order valence-corrected chi connectivity index (χ0v) is 7.35. The van der Waals surface area contributed by atoms with E-state index in [1.54, 1.807) is 18.7 Å². The van der Waals surface area contributed by atoms with E-state index in [0.29, 0.717) is 23.0 Å². The number of nitrogens with zero attached hydrogens (tertiary/aromatic N) is 4. The molecule has 0 saturated heterocycles. The molecule has 0 radical (unpaired) electrons. The largest absolute Gasteiger partial charge is 0.468 e. The van der Waals surface area contributed by atoms with Crippen LogP contribution < -0.4 is 10.5 Å². The van der Waals surface area contributed by atoms with E-state index in [9.17, 15) is 0 Å². The van der Waals surface area contributed by atoms with Gasteiger partial charge in [0.05, 0.1) is 7.11 Å². The van der Waals surface area contributed by atoms with Crippen molar-refractivity contribution in [2.75, 3.05) is 12.8 Å². The van der Waals surface area contributed by atoms with Crippen LogP contribution in [0.1, 0.15) is 0 Å². The topological polar surface area (TPSA) is 78.8 Å². The summed E-state index contributed by atoms with van der Waals surface area (Å²) in [5.41, 5.74) is 6.85. The molecule has 0 bridgehead atoms. The molecule has 2 heterocycles. The molecule has 0 spiro atoms. The van der Waals surface area contributed by atoms with Gasteiger partial charge in [-0.25, -0.2) is 9.97 Å². The van der Waals surface area contributed by atoms with E-state index in [0.717, 1.165) is 0 Å². The van der Waals surface area contributed by atoms with Gasteiger partial charge in [-0.2, -0.15) is 4.98 Å². The van der Waals surface area contributed by atoms with Crippen molar-refractivity contribution in [1.29, 1.82) is 0 Å². The Morgan fingerprint density at radius 2 is 2.23 bits per heavy atom. The average molecular weight is 179 g/mol. The summed E-state index contributed by atoms with van der Waals surface area (Å²) in [4.78, 5) is 12.0. The second kappa shape index (κ2) is 2.58. The number of methoxy groups -OCH3 is 1. The highest BCUT2D eigenvalue weighted by Gasteiger charge is 2.11. The van der Waals surface area contributed by atoms with Crippen molar-refractivity contribution in [3.05, 3.63) is 6.33 Å². The number of hydrogen-bond acceptors (Lipinski definition) is 5. The Hall–Kier alpha value is -1.85. The van der Waals surface area contributed by atoms with Crippen LogP contribution in [0, 0.1) is 0 Å². The van der Waals surface area contributed by atoms with Gasteiger partial charge in [-0.3, -0.25) is 4.57 Å². The van der Waals surface area contributed by atoms with Gasteiger partial charge in [0.2, 0.25) is 0 Å². The molecule has 0 saturated carbocycles. The van der Waals surface area contributed by atoms with Crippen molar-refractivity contribution < 1.29 is 4.74 Å². The molecule has 0 unspecified atom stereocenters. The van der Waals surface area contributed by atoms with Crippen LogP contribution in [0.15, 0.2) is 6.33 Å². The number of anilines is 1. The van der Waals surface area contributed by atoms with Gasteiger partial charge in [-0.15, -0.1) is 0 Å². The highest BCUT2D eigenvalue weighted by molar-refractivity contribution is 5.82. The second-order valence-electron chi connectivity index (χ2n) is 2.59. The van der Waals surface area contributed by atoms with Gasteiger partial charge in [0, 0.05) is 7.05 Å². The molecule has 13 heavy (non-hydrogen) atoms. The van der Waals surface area contributed by atoms with Crippen LogP contribution in [0.3, 0.4) is 0 Å². The Balaban J connectivity index is 2.83. The monoisotopic (exact) mass is 179 g/mol. The fraction of sp³-hybridized carbons (Fsp3) is 0.286. The molecule has 0 aromatic carbocycles. The maximum absolute atomic E-state index is 5.61. The van der Waals surface area contributed by atoms with Gasteiger partial charge >= 0.3 is 0 Å². The summed E-state index contributed by atoms with van der Waals surface area (Å²) < 4.78 is 6.73. The Kier molecular flexibility index (Phi) is 1.54. The lowest BCUT2D eigenvalue weighted by molar-refractivity contribution is 0.368. The van der Waals surface area contributed by atoms with E-state index in [2.05, 4.69) is 15.0 Å². The Bertz CT molecular complexity index is 449. The molecule has 6 nitrogen and oxygen atoms in total. The van der Waals surface area contributed by atoms with E-state index in [4.69, 9.17) is 10.5 Å². The lowest BCUT2D eigenvalue weighted by Crippen LogP contribution is -1.96. The van der Waals surface area contributed by atoms with Gasteiger partial charge in [0.1, 0.15) is 6.33 Å². The Morgan fingerprint density at radius 1 is 1.46 bits per heavy atom. The minimum absolute atomic E-state index is 0.365. The number of rotatable bonds is 1. The summed E-state index contributed by atoms with van der Waals surface area (Å²) in [5.74, 6) is 0.365. The standard InChI is InChI=1S/C7H9N5O/c1-12-6-4(11-7(12)13-2)5(8)9-3-10-6/h3H,1-2H3,(H2,8,9,10). The lowest BCUT2D eigenvalue weighted by Gasteiger charge is -1.97. The number of imidazole rings is 1. The molecule has 0 amide bonds. The summed E-state index contributed by atoms with van der Waals surface area (Å²) in [6.45, 7) is 0. The number of nitrogen functional groups attached to an aromatic ring is 1. The molecule has 0 aliphatic carbocycles. The molecule has 0 fully saturated rings. The summed E-state index contributed by atoms with van der Waals surface area (Å²) in [7, 11) is 3.35. The zero-order valence-electron chi connectivity index (χ0n) is 7.35. The van der Waals surface area contributed by atoms with Crippen LogP contribution in [0.2, 0.25) is 0 Å². The van der Waals surface area contributed by atoms with E-state index >= 15 is 0 Å². The van der Waals surface area contributed by atoms with Gasteiger partial charge < -0.3 is 10.5 Å². The highest BCUT2D eigenvalue weighted by Crippen LogP contribution is 2.19. The molecule has 2 N–H and O–H groups in total. The number of ether oxygens (including phenoxy) is 1. The van der Waals surface area contributed by atoms with Crippen LogP contribution in [0.5, 0.6) is 6.01 Å². The number of aryl methyl sites for hydroxylation is 1. The third kappa shape index (κ3) is 0.986. The SMILES string of the molecule is COc1nc2c(N)ncnc2n1C. The predicted octanol–water partition coefficient (Wildman–Crippen LogP) is -0.0459. The minimum atomic E-state index is 0.365. The maximum Gasteiger partial charge on any atom is 0.298 e. The first-order valence-electron chi connectivity index (χ1n) is 3.71. The zero-order chi connectivity index (χ0) is 9.42. The molecule has 0 aliphatic rings. The smallest absolute Gasteiger partial charge is 0.298 e. The van der Waals surface area contributed by atoms with Gasteiger partial charge in [0.15, 0.2) is 17.0 Å². The van der Waals surface area contributed by atoms with Crippen LogP contribution >= 0.6 is 0 Å². The van der Waals surface area contributed by atoms with Gasteiger partial charge in [0.25, 0.3) is 6.01 Å². The molecular formula is C7H9N5O. The predicted molar refractivity (Wildman–Crippen MR) is 47.3 cm³/mol. The molecular weight excluding hydrogens is 170 g/mol. The van der Waals surface area contributed by atoms with Crippen molar-refractivity contribution in [2.45, 2.75) is 0 Å². The van der Waals surface area contributed by atoms with Crippen LogP contribution in [0.25, 0.3) is 11.2 Å². The molecule has 68 valence electrons. The van der Waals surface area contributed by atoms with Crippen molar-refractivity contribution in [2.24, 2.45) is 7.05 Å². The van der Waals surface area contributed by atoms with E-state index in [1.807, 2.05) is 0 Å². The first-order valence-corrected chi connectivity index (χ1v) is 3.71. The molecule has 0 atom stereocenters. The Labute approximate surface area is 74.4 Å². The first kappa shape index (κ1) is 7.78. The van der Waals surface area contributed by atoms with Crippen molar-refractivity contribution in [3.8, 4) is 6.01 Å². The van der Waals surface area contributed by atoms with Crippen LogP contribution in [0.4, 0.5) is 5.82 Å². The summed E-state index contributed by atoms with van der Waals surface area (Å²) in [6, 6.07) is 0.474. The first-order chi connectivity index (χ1) is 6.24. The van der Waals surface area contributed by atoms with E-state index in [-0.39, 0.29) is 0 Å². The minimum Gasteiger partial charge on any atom is -0.468 e. The summed E-state index contributed by atoms with van der Waals surface area (Å²) >= 11 is 0. The third-order valence-corrected chi connectivity index (χ3v) is 1.83. The quantitative estimate of drug-likeness (QED) is 0.664. The number of hydrogen-bond donors (Lipinski definition) is 1. The van der Waals surface area contributed by atoms with Crippen molar-refractivity contribution >= 4 is 17.0 Å². The number of nitrogens with two attached hydrogens (primary N) is 1. The maximum atomic E-state index is 5.61.